The molecule has 2 aromatic rings. The van der Waals surface area contributed by atoms with Crippen LogP contribution in [0.3, 0.4) is 0 Å². The van der Waals surface area contributed by atoms with Gasteiger partial charge in [0.15, 0.2) is 6.61 Å². The SMILES string of the molecule is COc1cccc(NC(=O)COC(=O)/C=C/c2ccccc2Br)c1. The van der Waals surface area contributed by atoms with Crippen molar-refractivity contribution in [2.75, 3.05) is 19.0 Å². The molecule has 0 aliphatic heterocycles. The molecule has 2 aromatic carbocycles. The van der Waals surface area contributed by atoms with Crippen LogP contribution in [0, 0.1) is 0 Å². The van der Waals surface area contributed by atoms with Crippen LogP contribution in [0.5, 0.6) is 5.75 Å². The van der Waals surface area contributed by atoms with E-state index in [1.54, 1.807) is 37.5 Å². The molecule has 0 saturated heterocycles. The van der Waals surface area contributed by atoms with Gasteiger partial charge in [-0.3, -0.25) is 4.79 Å². The van der Waals surface area contributed by atoms with Crippen LogP contribution in [0.2, 0.25) is 0 Å². The summed E-state index contributed by atoms with van der Waals surface area (Å²) in [7, 11) is 1.54. The number of nitrogens with one attached hydrogen (secondary N) is 1. The van der Waals surface area contributed by atoms with Crippen molar-refractivity contribution in [2.24, 2.45) is 0 Å². The first-order valence-corrected chi connectivity index (χ1v) is 7.91. The van der Waals surface area contributed by atoms with E-state index in [0.717, 1.165) is 10.0 Å². The third-order valence-corrected chi connectivity index (χ3v) is 3.73. The average molecular weight is 390 g/mol. The molecule has 0 spiro atoms. The number of rotatable bonds is 6. The smallest absolute Gasteiger partial charge is 0.331 e. The van der Waals surface area contributed by atoms with Crippen LogP contribution in [0.1, 0.15) is 5.56 Å². The predicted molar refractivity (Wildman–Crippen MR) is 95.8 cm³/mol. The molecule has 0 saturated carbocycles. The molecular formula is C18H16BrNO4. The van der Waals surface area contributed by atoms with Crippen LogP contribution in [-0.4, -0.2) is 25.6 Å². The van der Waals surface area contributed by atoms with Crippen molar-refractivity contribution in [1.82, 2.24) is 0 Å². The van der Waals surface area contributed by atoms with Crippen LogP contribution in [-0.2, 0) is 14.3 Å². The number of carbonyl (C=O) groups is 2. The molecule has 0 aliphatic carbocycles. The van der Waals surface area contributed by atoms with Crippen molar-refractivity contribution in [3.8, 4) is 5.75 Å². The van der Waals surface area contributed by atoms with Gasteiger partial charge in [-0.2, -0.15) is 0 Å². The van der Waals surface area contributed by atoms with Gasteiger partial charge in [0.1, 0.15) is 5.75 Å². The first-order valence-electron chi connectivity index (χ1n) is 7.12. The van der Waals surface area contributed by atoms with Crippen molar-refractivity contribution < 1.29 is 19.1 Å². The third-order valence-electron chi connectivity index (χ3n) is 3.00. The van der Waals surface area contributed by atoms with Gasteiger partial charge in [-0.25, -0.2) is 4.79 Å². The lowest BCUT2D eigenvalue weighted by atomic mass is 10.2. The van der Waals surface area contributed by atoms with E-state index in [2.05, 4.69) is 21.2 Å². The fourth-order valence-electron chi connectivity index (χ4n) is 1.85. The van der Waals surface area contributed by atoms with E-state index in [1.807, 2.05) is 24.3 Å². The number of anilines is 1. The first kappa shape index (κ1) is 17.7. The lowest BCUT2D eigenvalue weighted by Crippen LogP contribution is -2.20. The van der Waals surface area contributed by atoms with E-state index in [0.29, 0.717) is 11.4 Å². The molecule has 0 heterocycles. The quantitative estimate of drug-likeness (QED) is 0.604. The second kappa shape index (κ2) is 8.88. The number of carbonyl (C=O) groups excluding carboxylic acids is 2. The molecule has 0 atom stereocenters. The molecule has 1 N–H and O–H groups in total. The number of hydrogen-bond donors (Lipinski definition) is 1. The highest BCUT2D eigenvalue weighted by Crippen LogP contribution is 2.17. The van der Waals surface area contributed by atoms with Gasteiger partial charge in [0, 0.05) is 22.3 Å². The molecule has 5 nitrogen and oxygen atoms in total. The van der Waals surface area contributed by atoms with Crippen molar-refractivity contribution >= 4 is 39.6 Å². The highest BCUT2D eigenvalue weighted by molar-refractivity contribution is 9.10. The van der Waals surface area contributed by atoms with E-state index < -0.39 is 11.9 Å². The number of hydrogen-bond acceptors (Lipinski definition) is 4. The number of esters is 1. The molecule has 0 fully saturated rings. The zero-order valence-corrected chi connectivity index (χ0v) is 14.6. The van der Waals surface area contributed by atoms with Crippen molar-refractivity contribution in [3.05, 3.63) is 64.6 Å². The number of methoxy groups -OCH3 is 1. The van der Waals surface area contributed by atoms with Crippen LogP contribution in [0.4, 0.5) is 5.69 Å². The van der Waals surface area contributed by atoms with Gasteiger partial charge in [-0.1, -0.05) is 40.2 Å². The molecule has 124 valence electrons. The maximum absolute atomic E-state index is 11.8. The Morgan fingerprint density at radius 3 is 2.71 bits per heavy atom. The minimum Gasteiger partial charge on any atom is -0.497 e. The topological polar surface area (TPSA) is 64.6 Å². The molecule has 0 unspecified atom stereocenters. The molecule has 6 heteroatoms. The Hall–Kier alpha value is -2.60. The number of ether oxygens (including phenoxy) is 2. The Bertz CT molecular complexity index is 758. The number of benzene rings is 2. The summed E-state index contributed by atoms with van der Waals surface area (Å²) in [4.78, 5) is 23.4. The van der Waals surface area contributed by atoms with Gasteiger partial charge >= 0.3 is 5.97 Å². The van der Waals surface area contributed by atoms with E-state index >= 15 is 0 Å². The van der Waals surface area contributed by atoms with Gasteiger partial charge in [0.2, 0.25) is 0 Å². The Kier molecular flexibility index (Phi) is 6.57. The van der Waals surface area contributed by atoms with E-state index in [4.69, 9.17) is 9.47 Å². The summed E-state index contributed by atoms with van der Waals surface area (Å²) in [5.41, 5.74) is 1.41. The van der Waals surface area contributed by atoms with Crippen LogP contribution in [0.25, 0.3) is 6.08 Å². The van der Waals surface area contributed by atoms with Gasteiger partial charge < -0.3 is 14.8 Å². The second-order valence-corrected chi connectivity index (χ2v) is 5.60. The van der Waals surface area contributed by atoms with E-state index in [9.17, 15) is 9.59 Å². The molecule has 0 radical (unpaired) electrons. The maximum Gasteiger partial charge on any atom is 0.331 e. The zero-order chi connectivity index (χ0) is 17.4. The summed E-state index contributed by atoms with van der Waals surface area (Å²) in [6.45, 7) is -0.365. The maximum atomic E-state index is 11.8. The highest BCUT2D eigenvalue weighted by atomic mass is 79.9. The Labute approximate surface area is 148 Å². The zero-order valence-electron chi connectivity index (χ0n) is 13.0. The molecule has 24 heavy (non-hydrogen) atoms. The van der Waals surface area contributed by atoms with Crippen LogP contribution < -0.4 is 10.1 Å². The lowest BCUT2D eigenvalue weighted by molar-refractivity contribution is -0.142. The van der Waals surface area contributed by atoms with Crippen molar-refractivity contribution in [1.29, 1.82) is 0 Å². The summed E-state index contributed by atoms with van der Waals surface area (Å²) in [5.74, 6) is -0.390. The summed E-state index contributed by atoms with van der Waals surface area (Å²) in [6, 6.07) is 14.4. The monoisotopic (exact) mass is 389 g/mol. The summed E-state index contributed by atoms with van der Waals surface area (Å²) in [5, 5.41) is 2.63. The Balaban J connectivity index is 1.83. The Morgan fingerprint density at radius 1 is 1.17 bits per heavy atom. The van der Waals surface area contributed by atoms with E-state index in [1.165, 1.54) is 6.08 Å². The first-order chi connectivity index (χ1) is 11.6. The summed E-state index contributed by atoms with van der Waals surface area (Å²) in [6.07, 6.45) is 2.89. The number of halogens is 1. The Morgan fingerprint density at radius 2 is 1.96 bits per heavy atom. The lowest BCUT2D eigenvalue weighted by Gasteiger charge is -2.07. The van der Waals surface area contributed by atoms with Crippen molar-refractivity contribution in [2.45, 2.75) is 0 Å². The average Bonchev–Trinajstić information content (AvgIpc) is 2.59. The summed E-state index contributed by atoms with van der Waals surface area (Å²) >= 11 is 3.38. The molecule has 2 rings (SSSR count). The molecule has 1 amide bonds. The normalized spacial score (nSPS) is 10.4. The minimum atomic E-state index is -0.591. The second-order valence-electron chi connectivity index (χ2n) is 4.74. The summed E-state index contributed by atoms with van der Waals surface area (Å²) < 4.78 is 10.8. The standard InChI is InChI=1S/C18H16BrNO4/c1-23-15-7-4-6-14(11-15)20-17(21)12-24-18(22)10-9-13-5-2-3-8-16(13)19/h2-11H,12H2,1H3,(H,20,21)/b10-9+. The van der Waals surface area contributed by atoms with Crippen LogP contribution >= 0.6 is 15.9 Å². The largest absolute Gasteiger partial charge is 0.497 e. The fourth-order valence-corrected chi connectivity index (χ4v) is 2.27. The van der Waals surface area contributed by atoms with Gasteiger partial charge in [0.05, 0.1) is 7.11 Å². The van der Waals surface area contributed by atoms with Crippen LogP contribution in [0.15, 0.2) is 59.1 Å². The van der Waals surface area contributed by atoms with Gasteiger partial charge in [-0.05, 0) is 29.8 Å². The van der Waals surface area contributed by atoms with Gasteiger partial charge in [0.25, 0.3) is 5.91 Å². The highest BCUT2D eigenvalue weighted by Gasteiger charge is 2.06. The molecular weight excluding hydrogens is 374 g/mol. The van der Waals surface area contributed by atoms with Crippen molar-refractivity contribution in [3.63, 3.8) is 0 Å². The molecule has 0 aliphatic rings. The fraction of sp³-hybridized carbons (Fsp3) is 0.111. The number of amides is 1. The molecule has 0 aromatic heterocycles. The van der Waals surface area contributed by atoms with E-state index in [-0.39, 0.29) is 6.61 Å². The molecule has 0 bridgehead atoms. The predicted octanol–water partition coefficient (Wildman–Crippen LogP) is 3.65. The minimum absolute atomic E-state index is 0.365. The third kappa shape index (κ3) is 5.55. The van der Waals surface area contributed by atoms with Gasteiger partial charge in [-0.15, -0.1) is 0 Å².